The van der Waals surface area contributed by atoms with Gasteiger partial charge in [-0.1, -0.05) is 31.2 Å². The normalized spacial score (nSPS) is 30.3. The van der Waals surface area contributed by atoms with Crippen LogP contribution in [0.1, 0.15) is 43.7 Å². The first-order chi connectivity index (χ1) is 7.64. The van der Waals surface area contributed by atoms with E-state index >= 15 is 0 Å². The summed E-state index contributed by atoms with van der Waals surface area (Å²) in [5.41, 5.74) is 8.78. The molecule has 0 saturated heterocycles. The van der Waals surface area contributed by atoms with Gasteiger partial charge in [-0.05, 0) is 43.2 Å². The van der Waals surface area contributed by atoms with Gasteiger partial charge in [-0.25, -0.2) is 0 Å². The zero-order chi connectivity index (χ0) is 11.6. The molecule has 0 spiro atoms. The standard InChI is InChI=1S/C14H21NO/c1-2-11-3-5-12(6-4-11)14(15)9-7-13(16)8-10-14/h3-6,13,16H,2,7-10,15H2,1H3. The molecule has 0 aromatic heterocycles. The number of hydrogen-bond acceptors (Lipinski definition) is 2. The number of benzene rings is 1. The molecule has 1 aliphatic carbocycles. The fourth-order valence-electron chi connectivity index (χ4n) is 2.48. The summed E-state index contributed by atoms with van der Waals surface area (Å²) >= 11 is 0. The van der Waals surface area contributed by atoms with E-state index in [0.717, 1.165) is 32.1 Å². The summed E-state index contributed by atoms with van der Waals surface area (Å²) < 4.78 is 0. The number of aryl methyl sites for hydroxylation is 1. The summed E-state index contributed by atoms with van der Waals surface area (Å²) in [6.45, 7) is 2.16. The molecule has 1 saturated carbocycles. The van der Waals surface area contributed by atoms with E-state index in [1.54, 1.807) is 0 Å². The molecule has 1 aliphatic rings. The highest BCUT2D eigenvalue weighted by Gasteiger charge is 2.32. The largest absolute Gasteiger partial charge is 0.393 e. The Bertz CT molecular complexity index is 336. The minimum atomic E-state index is -0.217. The van der Waals surface area contributed by atoms with Gasteiger partial charge in [0.1, 0.15) is 0 Å². The minimum Gasteiger partial charge on any atom is -0.393 e. The lowest BCUT2D eigenvalue weighted by Crippen LogP contribution is -2.41. The van der Waals surface area contributed by atoms with Gasteiger partial charge in [0.2, 0.25) is 0 Å². The molecule has 88 valence electrons. The predicted molar refractivity (Wildman–Crippen MR) is 66.2 cm³/mol. The molecule has 0 aliphatic heterocycles. The van der Waals surface area contributed by atoms with Crippen LogP contribution in [0.3, 0.4) is 0 Å². The van der Waals surface area contributed by atoms with Crippen LogP contribution in [0, 0.1) is 0 Å². The molecule has 1 aromatic rings. The van der Waals surface area contributed by atoms with Gasteiger partial charge in [-0.15, -0.1) is 0 Å². The Balaban J connectivity index is 2.16. The SMILES string of the molecule is CCc1ccc(C2(N)CCC(O)CC2)cc1. The Labute approximate surface area is 97.5 Å². The molecule has 0 bridgehead atoms. The fraction of sp³-hybridized carbons (Fsp3) is 0.571. The van der Waals surface area contributed by atoms with Crippen molar-refractivity contribution in [1.82, 2.24) is 0 Å². The van der Waals surface area contributed by atoms with Crippen molar-refractivity contribution in [1.29, 1.82) is 0 Å². The zero-order valence-electron chi connectivity index (χ0n) is 9.95. The Morgan fingerprint density at radius 3 is 2.31 bits per heavy atom. The van der Waals surface area contributed by atoms with Crippen molar-refractivity contribution < 1.29 is 5.11 Å². The highest BCUT2D eigenvalue weighted by molar-refractivity contribution is 5.28. The van der Waals surface area contributed by atoms with Crippen LogP contribution in [0.15, 0.2) is 24.3 Å². The second-order valence-electron chi connectivity index (χ2n) is 4.94. The molecule has 2 nitrogen and oxygen atoms in total. The Morgan fingerprint density at radius 2 is 1.81 bits per heavy atom. The van der Waals surface area contributed by atoms with Crippen molar-refractivity contribution in [3.8, 4) is 0 Å². The summed E-state index contributed by atoms with van der Waals surface area (Å²) in [5, 5.41) is 9.51. The van der Waals surface area contributed by atoms with Crippen molar-refractivity contribution in [2.45, 2.75) is 50.7 Å². The van der Waals surface area contributed by atoms with Crippen molar-refractivity contribution in [2.75, 3.05) is 0 Å². The summed E-state index contributed by atoms with van der Waals surface area (Å²) in [6.07, 6.45) is 4.35. The van der Waals surface area contributed by atoms with Crippen LogP contribution in [0.25, 0.3) is 0 Å². The minimum absolute atomic E-state index is 0.147. The molecule has 16 heavy (non-hydrogen) atoms. The third-order valence-corrected chi connectivity index (χ3v) is 3.78. The lowest BCUT2D eigenvalue weighted by molar-refractivity contribution is 0.0969. The number of hydrogen-bond donors (Lipinski definition) is 2. The van der Waals surface area contributed by atoms with Gasteiger partial charge in [0, 0.05) is 5.54 Å². The Kier molecular flexibility index (Phi) is 3.31. The van der Waals surface area contributed by atoms with Gasteiger partial charge in [0.15, 0.2) is 0 Å². The molecule has 3 N–H and O–H groups in total. The number of aliphatic hydroxyl groups is 1. The topological polar surface area (TPSA) is 46.2 Å². The van der Waals surface area contributed by atoms with E-state index in [-0.39, 0.29) is 11.6 Å². The maximum absolute atomic E-state index is 9.51. The van der Waals surface area contributed by atoms with E-state index in [4.69, 9.17) is 5.73 Å². The van der Waals surface area contributed by atoms with E-state index in [1.807, 2.05) is 0 Å². The maximum atomic E-state index is 9.51. The molecule has 0 unspecified atom stereocenters. The van der Waals surface area contributed by atoms with Gasteiger partial charge in [0.05, 0.1) is 6.10 Å². The third kappa shape index (κ3) is 2.28. The molecule has 1 aromatic carbocycles. The van der Waals surface area contributed by atoms with Crippen LogP contribution in [0.4, 0.5) is 0 Å². The van der Waals surface area contributed by atoms with Crippen LogP contribution in [0.5, 0.6) is 0 Å². The highest BCUT2D eigenvalue weighted by Crippen LogP contribution is 2.34. The van der Waals surface area contributed by atoms with Crippen molar-refractivity contribution in [3.63, 3.8) is 0 Å². The molecule has 0 amide bonds. The second kappa shape index (κ2) is 4.56. The highest BCUT2D eigenvalue weighted by atomic mass is 16.3. The van der Waals surface area contributed by atoms with E-state index in [0.29, 0.717) is 0 Å². The fourth-order valence-corrected chi connectivity index (χ4v) is 2.48. The maximum Gasteiger partial charge on any atom is 0.0541 e. The van der Waals surface area contributed by atoms with Crippen LogP contribution in [0.2, 0.25) is 0 Å². The smallest absolute Gasteiger partial charge is 0.0541 e. The van der Waals surface area contributed by atoms with Crippen LogP contribution >= 0.6 is 0 Å². The summed E-state index contributed by atoms with van der Waals surface area (Å²) in [4.78, 5) is 0. The molecule has 0 radical (unpaired) electrons. The van der Waals surface area contributed by atoms with Crippen molar-refractivity contribution in [2.24, 2.45) is 5.73 Å². The van der Waals surface area contributed by atoms with Gasteiger partial charge in [0.25, 0.3) is 0 Å². The zero-order valence-corrected chi connectivity index (χ0v) is 9.95. The Morgan fingerprint density at radius 1 is 1.25 bits per heavy atom. The molecular weight excluding hydrogens is 198 g/mol. The van der Waals surface area contributed by atoms with E-state index in [1.165, 1.54) is 11.1 Å². The van der Waals surface area contributed by atoms with E-state index in [2.05, 4.69) is 31.2 Å². The molecule has 1 fully saturated rings. The number of nitrogens with two attached hydrogens (primary N) is 1. The first-order valence-electron chi connectivity index (χ1n) is 6.20. The van der Waals surface area contributed by atoms with Gasteiger partial charge in [-0.3, -0.25) is 0 Å². The van der Waals surface area contributed by atoms with Gasteiger partial charge >= 0.3 is 0 Å². The van der Waals surface area contributed by atoms with E-state index in [9.17, 15) is 5.11 Å². The van der Waals surface area contributed by atoms with Crippen LogP contribution < -0.4 is 5.73 Å². The van der Waals surface area contributed by atoms with Gasteiger partial charge < -0.3 is 10.8 Å². The molecule has 0 atom stereocenters. The quantitative estimate of drug-likeness (QED) is 0.802. The predicted octanol–water partition coefficient (Wildman–Crippen LogP) is 2.34. The summed E-state index contributed by atoms with van der Waals surface area (Å²) in [5.74, 6) is 0. The Hall–Kier alpha value is -0.860. The lowest BCUT2D eigenvalue weighted by Gasteiger charge is -2.36. The average Bonchev–Trinajstić information content (AvgIpc) is 2.33. The molecule has 0 heterocycles. The van der Waals surface area contributed by atoms with Crippen LogP contribution in [-0.2, 0) is 12.0 Å². The molecule has 2 heteroatoms. The van der Waals surface area contributed by atoms with E-state index < -0.39 is 0 Å². The summed E-state index contributed by atoms with van der Waals surface area (Å²) in [7, 11) is 0. The first kappa shape index (κ1) is 11.6. The first-order valence-corrected chi connectivity index (χ1v) is 6.20. The monoisotopic (exact) mass is 219 g/mol. The van der Waals surface area contributed by atoms with Crippen molar-refractivity contribution >= 4 is 0 Å². The average molecular weight is 219 g/mol. The second-order valence-corrected chi connectivity index (χ2v) is 4.94. The number of aliphatic hydroxyl groups excluding tert-OH is 1. The lowest BCUT2D eigenvalue weighted by atomic mass is 9.76. The molecule has 2 rings (SSSR count). The van der Waals surface area contributed by atoms with Crippen molar-refractivity contribution in [3.05, 3.63) is 35.4 Å². The molecular formula is C14H21NO. The summed E-state index contributed by atoms with van der Waals surface area (Å²) in [6, 6.07) is 8.62. The van der Waals surface area contributed by atoms with Crippen LogP contribution in [-0.4, -0.2) is 11.2 Å². The van der Waals surface area contributed by atoms with Gasteiger partial charge in [-0.2, -0.15) is 0 Å². The third-order valence-electron chi connectivity index (χ3n) is 3.78. The number of rotatable bonds is 2.